The fourth-order valence-corrected chi connectivity index (χ4v) is 3.11. The number of benzene rings is 2. The van der Waals surface area contributed by atoms with Crippen LogP contribution in [0.1, 0.15) is 29.3 Å². The standard InChI is InChI=1S/C21H25NO4/c1-3-12-22(13-16-8-10-17(11-9-16)21(23)24-2)14-18-15-25-19-6-4-5-7-20(19)26-18/h4-11,18H,3,12-15H2,1-2H3. The molecule has 26 heavy (non-hydrogen) atoms. The predicted octanol–water partition coefficient (Wildman–Crippen LogP) is 3.53. The van der Waals surface area contributed by atoms with Crippen LogP contribution in [0.5, 0.6) is 11.5 Å². The van der Waals surface area contributed by atoms with Crippen molar-refractivity contribution in [2.75, 3.05) is 26.8 Å². The summed E-state index contributed by atoms with van der Waals surface area (Å²) in [6.07, 6.45) is 1.07. The van der Waals surface area contributed by atoms with E-state index >= 15 is 0 Å². The Bertz CT molecular complexity index is 729. The molecule has 2 aromatic rings. The summed E-state index contributed by atoms with van der Waals surface area (Å²) in [6, 6.07) is 15.3. The van der Waals surface area contributed by atoms with E-state index in [1.165, 1.54) is 7.11 Å². The van der Waals surface area contributed by atoms with E-state index in [9.17, 15) is 4.79 Å². The van der Waals surface area contributed by atoms with Gasteiger partial charge < -0.3 is 14.2 Å². The van der Waals surface area contributed by atoms with Gasteiger partial charge in [0.25, 0.3) is 0 Å². The fraction of sp³-hybridized carbons (Fsp3) is 0.381. The van der Waals surface area contributed by atoms with Crippen LogP contribution in [0, 0.1) is 0 Å². The Labute approximate surface area is 154 Å². The van der Waals surface area contributed by atoms with Gasteiger partial charge in [-0.05, 0) is 42.8 Å². The van der Waals surface area contributed by atoms with Crippen LogP contribution in [0.25, 0.3) is 0 Å². The third-order valence-electron chi connectivity index (χ3n) is 4.35. The van der Waals surface area contributed by atoms with Gasteiger partial charge in [-0.15, -0.1) is 0 Å². The SMILES string of the molecule is CCCN(Cc1ccc(C(=O)OC)cc1)CC1COc2ccccc2O1. The molecule has 0 radical (unpaired) electrons. The molecule has 0 spiro atoms. The molecule has 5 heteroatoms. The smallest absolute Gasteiger partial charge is 0.337 e. The zero-order valence-corrected chi connectivity index (χ0v) is 15.3. The average Bonchev–Trinajstić information content (AvgIpc) is 2.68. The van der Waals surface area contributed by atoms with Crippen molar-refractivity contribution in [1.82, 2.24) is 4.90 Å². The second kappa shape index (κ2) is 8.72. The molecule has 1 unspecified atom stereocenters. The van der Waals surface area contributed by atoms with Gasteiger partial charge in [-0.3, -0.25) is 4.90 Å². The molecule has 1 atom stereocenters. The molecular weight excluding hydrogens is 330 g/mol. The van der Waals surface area contributed by atoms with Crippen LogP contribution < -0.4 is 9.47 Å². The Kier molecular flexibility index (Phi) is 6.12. The van der Waals surface area contributed by atoms with Crippen molar-refractivity contribution in [2.24, 2.45) is 0 Å². The zero-order valence-electron chi connectivity index (χ0n) is 15.3. The normalized spacial score (nSPS) is 15.7. The second-order valence-electron chi connectivity index (χ2n) is 6.42. The lowest BCUT2D eigenvalue weighted by Crippen LogP contribution is -2.41. The van der Waals surface area contributed by atoms with Crippen LogP contribution in [-0.4, -0.2) is 43.8 Å². The first-order valence-electron chi connectivity index (χ1n) is 8.97. The van der Waals surface area contributed by atoms with E-state index in [0.717, 1.165) is 43.1 Å². The quantitative estimate of drug-likeness (QED) is 0.711. The molecule has 0 aliphatic carbocycles. The van der Waals surface area contributed by atoms with Gasteiger partial charge in [0.05, 0.1) is 12.7 Å². The van der Waals surface area contributed by atoms with Crippen LogP contribution in [-0.2, 0) is 11.3 Å². The molecule has 1 heterocycles. The van der Waals surface area contributed by atoms with E-state index in [-0.39, 0.29) is 12.1 Å². The molecule has 2 aromatic carbocycles. The Hall–Kier alpha value is -2.53. The summed E-state index contributed by atoms with van der Waals surface area (Å²) >= 11 is 0. The third kappa shape index (κ3) is 4.55. The second-order valence-corrected chi connectivity index (χ2v) is 6.42. The number of rotatable bonds is 7. The highest BCUT2D eigenvalue weighted by Crippen LogP contribution is 2.31. The van der Waals surface area contributed by atoms with Gasteiger partial charge in [-0.1, -0.05) is 31.2 Å². The highest BCUT2D eigenvalue weighted by Gasteiger charge is 2.23. The maximum Gasteiger partial charge on any atom is 0.337 e. The first-order valence-corrected chi connectivity index (χ1v) is 8.97. The van der Waals surface area contributed by atoms with E-state index in [1.807, 2.05) is 48.5 Å². The minimum Gasteiger partial charge on any atom is -0.486 e. The molecule has 0 aromatic heterocycles. The molecule has 1 aliphatic rings. The van der Waals surface area contributed by atoms with E-state index < -0.39 is 0 Å². The first-order chi connectivity index (χ1) is 12.7. The number of ether oxygens (including phenoxy) is 3. The molecular formula is C21H25NO4. The Morgan fingerprint density at radius 2 is 1.88 bits per heavy atom. The van der Waals surface area contributed by atoms with Gasteiger partial charge in [-0.2, -0.15) is 0 Å². The van der Waals surface area contributed by atoms with Crippen molar-refractivity contribution in [3.05, 3.63) is 59.7 Å². The van der Waals surface area contributed by atoms with E-state index in [0.29, 0.717) is 12.2 Å². The maximum atomic E-state index is 11.5. The Morgan fingerprint density at radius 1 is 1.15 bits per heavy atom. The highest BCUT2D eigenvalue weighted by molar-refractivity contribution is 5.89. The van der Waals surface area contributed by atoms with Gasteiger partial charge in [0.1, 0.15) is 12.7 Å². The number of carbonyl (C=O) groups excluding carboxylic acids is 1. The summed E-state index contributed by atoms with van der Waals surface area (Å²) < 4.78 is 16.6. The van der Waals surface area contributed by atoms with Crippen LogP contribution in [0.4, 0.5) is 0 Å². The Balaban J connectivity index is 1.61. The lowest BCUT2D eigenvalue weighted by molar-refractivity contribution is 0.0564. The number of esters is 1. The number of hydrogen-bond acceptors (Lipinski definition) is 5. The zero-order chi connectivity index (χ0) is 18.4. The van der Waals surface area contributed by atoms with Gasteiger partial charge in [-0.25, -0.2) is 4.79 Å². The minimum absolute atomic E-state index is 0.00536. The van der Waals surface area contributed by atoms with E-state index in [4.69, 9.17) is 14.2 Å². The molecule has 3 rings (SSSR count). The van der Waals surface area contributed by atoms with Crippen LogP contribution >= 0.6 is 0 Å². The van der Waals surface area contributed by atoms with Crippen LogP contribution in [0.15, 0.2) is 48.5 Å². The first kappa shape index (κ1) is 18.3. The summed E-state index contributed by atoms with van der Waals surface area (Å²) in [6.45, 7) is 5.29. The van der Waals surface area contributed by atoms with E-state index in [1.54, 1.807) is 0 Å². The maximum absolute atomic E-state index is 11.5. The molecule has 0 fully saturated rings. The van der Waals surface area contributed by atoms with Crippen molar-refractivity contribution >= 4 is 5.97 Å². The number of carbonyl (C=O) groups is 1. The third-order valence-corrected chi connectivity index (χ3v) is 4.35. The molecule has 0 saturated heterocycles. The minimum atomic E-state index is -0.312. The number of nitrogens with zero attached hydrogens (tertiary/aromatic N) is 1. The molecule has 5 nitrogen and oxygen atoms in total. The van der Waals surface area contributed by atoms with Crippen molar-refractivity contribution in [3.63, 3.8) is 0 Å². The summed E-state index contributed by atoms with van der Waals surface area (Å²) in [7, 11) is 1.39. The van der Waals surface area contributed by atoms with Gasteiger partial charge >= 0.3 is 5.97 Å². The van der Waals surface area contributed by atoms with Crippen molar-refractivity contribution in [2.45, 2.75) is 26.0 Å². The number of para-hydroxylation sites is 2. The summed E-state index contributed by atoms with van der Waals surface area (Å²) in [4.78, 5) is 13.9. The van der Waals surface area contributed by atoms with E-state index in [2.05, 4.69) is 11.8 Å². The molecule has 0 saturated carbocycles. The van der Waals surface area contributed by atoms with Crippen molar-refractivity contribution < 1.29 is 19.0 Å². The highest BCUT2D eigenvalue weighted by atomic mass is 16.6. The average molecular weight is 355 g/mol. The number of fused-ring (bicyclic) bond motifs is 1. The molecule has 0 N–H and O–H groups in total. The molecule has 138 valence electrons. The number of hydrogen-bond donors (Lipinski definition) is 0. The number of methoxy groups -OCH3 is 1. The largest absolute Gasteiger partial charge is 0.486 e. The predicted molar refractivity (Wildman–Crippen MR) is 99.7 cm³/mol. The fourth-order valence-electron chi connectivity index (χ4n) is 3.11. The molecule has 1 aliphatic heterocycles. The topological polar surface area (TPSA) is 48.0 Å². The summed E-state index contributed by atoms with van der Waals surface area (Å²) in [5, 5.41) is 0. The van der Waals surface area contributed by atoms with Crippen molar-refractivity contribution in [1.29, 1.82) is 0 Å². The van der Waals surface area contributed by atoms with Gasteiger partial charge in [0, 0.05) is 13.1 Å². The molecule has 0 bridgehead atoms. The van der Waals surface area contributed by atoms with Gasteiger partial charge in [0.2, 0.25) is 0 Å². The van der Waals surface area contributed by atoms with Crippen LogP contribution in [0.2, 0.25) is 0 Å². The van der Waals surface area contributed by atoms with Crippen LogP contribution in [0.3, 0.4) is 0 Å². The molecule has 0 amide bonds. The van der Waals surface area contributed by atoms with Crippen molar-refractivity contribution in [3.8, 4) is 11.5 Å². The monoisotopic (exact) mass is 355 g/mol. The lowest BCUT2D eigenvalue weighted by atomic mass is 10.1. The Morgan fingerprint density at radius 3 is 2.58 bits per heavy atom. The summed E-state index contributed by atoms with van der Waals surface area (Å²) in [5.74, 6) is 1.31. The lowest BCUT2D eigenvalue weighted by Gasteiger charge is -2.31. The van der Waals surface area contributed by atoms with Gasteiger partial charge in [0.15, 0.2) is 11.5 Å². The summed E-state index contributed by atoms with van der Waals surface area (Å²) in [5.41, 5.74) is 1.72.